The van der Waals surface area contributed by atoms with Crippen LogP contribution < -0.4 is 0 Å². The smallest absolute Gasteiger partial charge is 0.462 e. The van der Waals surface area contributed by atoms with E-state index in [1.165, 1.54) is 154 Å². The highest BCUT2D eigenvalue weighted by atomic mass is 31.2. The highest BCUT2D eigenvalue weighted by Gasteiger charge is 2.30. The Labute approximate surface area is 567 Å². The molecular weight excluding hydrogens is 1220 g/mol. The van der Waals surface area contributed by atoms with Crippen molar-refractivity contribution in [2.24, 2.45) is 11.8 Å². The predicted octanol–water partition coefficient (Wildman–Crippen LogP) is 21.1. The lowest BCUT2D eigenvalue weighted by Gasteiger charge is -2.21. The van der Waals surface area contributed by atoms with E-state index in [4.69, 9.17) is 37.0 Å². The summed E-state index contributed by atoms with van der Waals surface area (Å²) in [5.41, 5.74) is 0. The summed E-state index contributed by atoms with van der Waals surface area (Å²) in [5.74, 6) is -0.696. The number of allylic oxidation sites excluding steroid dienone is 4. The maximum Gasteiger partial charge on any atom is 0.472 e. The van der Waals surface area contributed by atoms with Crippen molar-refractivity contribution >= 4 is 39.5 Å². The predicted molar refractivity (Wildman–Crippen MR) is 377 cm³/mol. The molecule has 0 heterocycles. The van der Waals surface area contributed by atoms with Crippen LogP contribution in [0.2, 0.25) is 0 Å². The number of ether oxygens (including phenoxy) is 4. The summed E-state index contributed by atoms with van der Waals surface area (Å²) >= 11 is 0. The molecule has 0 aliphatic carbocycles. The lowest BCUT2D eigenvalue weighted by atomic mass is 10.0. The molecule has 0 aromatic rings. The van der Waals surface area contributed by atoms with Gasteiger partial charge in [-0.3, -0.25) is 37.3 Å². The second-order valence-corrected chi connectivity index (χ2v) is 29.9. The maximum atomic E-state index is 13.1. The Balaban J connectivity index is 5.29. The summed E-state index contributed by atoms with van der Waals surface area (Å²) in [6, 6.07) is 0. The van der Waals surface area contributed by atoms with Gasteiger partial charge in [-0.1, -0.05) is 303 Å². The molecule has 0 rings (SSSR count). The number of hydrogen-bond acceptors (Lipinski definition) is 15. The minimum atomic E-state index is -4.96. The topological polar surface area (TPSA) is 237 Å². The molecule has 0 bridgehead atoms. The van der Waals surface area contributed by atoms with E-state index in [9.17, 15) is 43.2 Å². The van der Waals surface area contributed by atoms with Crippen LogP contribution in [0.4, 0.5) is 0 Å². The summed E-state index contributed by atoms with van der Waals surface area (Å²) in [7, 11) is -9.92. The van der Waals surface area contributed by atoms with E-state index in [0.717, 1.165) is 115 Å². The van der Waals surface area contributed by atoms with E-state index in [1.54, 1.807) is 0 Å². The van der Waals surface area contributed by atoms with Gasteiger partial charge in [-0.05, 0) is 63.2 Å². The molecule has 0 radical (unpaired) electrons. The van der Waals surface area contributed by atoms with Gasteiger partial charge in [0.1, 0.15) is 19.3 Å². The van der Waals surface area contributed by atoms with E-state index >= 15 is 0 Å². The average molecular weight is 1360 g/mol. The number of aliphatic hydroxyl groups excluding tert-OH is 1. The fourth-order valence-corrected chi connectivity index (χ4v) is 12.3. The van der Waals surface area contributed by atoms with Gasteiger partial charge >= 0.3 is 39.5 Å². The fraction of sp³-hybridized carbons (Fsp3) is 0.892. The van der Waals surface area contributed by atoms with Crippen LogP contribution in [0.3, 0.4) is 0 Å². The molecule has 19 heteroatoms. The first-order valence-electron chi connectivity index (χ1n) is 37.8. The Morgan fingerprint density at radius 2 is 0.581 bits per heavy atom. The van der Waals surface area contributed by atoms with Crippen LogP contribution in [0.25, 0.3) is 0 Å². The van der Waals surface area contributed by atoms with Gasteiger partial charge in [-0.15, -0.1) is 0 Å². The molecule has 0 aromatic carbocycles. The van der Waals surface area contributed by atoms with Gasteiger partial charge < -0.3 is 33.8 Å². The zero-order valence-corrected chi connectivity index (χ0v) is 61.8. The van der Waals surface area contributed by atoms with Gasteiger partial charge in [-0.2, -0.15) is 0 Å². The molecule has 3 N–H and O–H groups in total. The molecule has 0 aromatic heterocycles. The summed E-state index contributed by atoms with van der Waals surface area (Å²) in [5, 5.41) is 10.6. The van der Waals surface area contributed by atoms with E-state index in [1.807, 2.05) is 0 Å². The van der Waals surface area contributed by atoms with Crippen molar-refractivity contribution in [3.05, 3.63) is 24.3 Å². The molecule has 93 heavy (non-hydrogen) atoms. The largest absolute Gasteiger partial charge is 0.472 e. The summed E-state index contributed by atoms with van der Waals surface area (Å²) in [6.45, 7) is 9.45. The van der Waals surface area contributed by atoms with E-state index < -0.39 is 97.5 Å². The third-order valence-electron chi connectivity index (χ3n) is 16.6. The van der Waals surface area contributed by atoms with Gasteiger partial charge in [0.05, 0.1) is 26.4 Å². The summed E-state index contributed by atoms with van der Waals surface area (Å²) in [4.78, 5) is 72.7. The number of unbranched alkanes of at least 4 members (excludes halogenated alkanes) is 38. The molecule has 0 saturated carbocycles. The van der Waals surface area contributed by atoms with Gasteiger partial charge in [0, 0.05) is 25.7 Å². The quantitative estimate of drug-likeness (QED) is 0.0169. The lowest BCUT2D eigenvalue weighted by Crippen LogP contribution is -2.30. The number of phosphoric ester groups is 2. The van der Waals surface area contributed by atoms with Gasteiger partial charge in [0.25, 0.3) is 0 Å². The minimum Gasteiger partial charge on any atom is -0.462 e. The normalized spacial score (nSPS) is 14.2. The van der Waals surface area contributed by atoms with Gasteiger partial charge in [0.15, 0.2) is 12.2 Å². The Hall–Kier alpha value is -2.46. The van der Waals surface area contributed by atoms with Gasteiger partial charge in [-0.25, -0.2) is 9.13 Å². The van der Waals surface area contributed by atoms with Crippen LogP contribution in [0.15, 0.2) is 24.3 Å². The van der Waals surface area contributed by atoms with Crippen LogP contribution >= 0.6 is 15.6 Å². The van der Waals surface area contributed by atoms with Crippen LogP contribution in [0.5, 0.6) is 0 Å². The first kappa shape index (κ1) is 90.5. The molecule has 0 aliphatic heterocycles. The minimum absolute atomic E-state index is 0.0853. The lowest BCUT2D eigenvalue weighted by molar-refractivity contribution is -0.161. The molecule has 0 spiro atoms. The second kappa shape index (κ2) is 65.5. The Bertz CT molecular complexity index is 1900. The average Bonchev–Trinajstić information content (AvgIpc) is 2.46. The first-order chi connectivity index (χ1) is 44.9. The van der Waals surface area contributed by atoms with Crippen molar-refractivity contribution in [3.63, 3.8) is 0 Å². The molecule has 0 fully saturated rings. The zero-order chi connectivity index (χ0) is 68.6. The molecule has 0 saturated heterocycles. The number of carbonyl (C=O) groups excluding carboxylic acids is 4. The maximum absolute atomic E-state index is 13.1. The SMILES string of the molecule is CCCCCC/C=C\C=C/CCCCCCCC(=O)O[C@H](COC(=O)CCCCCCCCCCCCCCCCC)COP(=O)(O)OC[C@@H](O)COP(=O)(O)OC[C@@H](COC(=O)CCCCCCCCCC(C)C)OC(=O)CCCCCCCCCCCCC(C)C. The fourth-order valence-electron chi connectivity index (χ4n) is 10.8. The van der Waals surface area contributed by atoms with Crippen molar-refractivity contribution in [2.45, 2.75) is 374 Å². The highest BCUT2D eigenvalue weighted by Crippen LogP contribution is 2.45. The number of hydrogen-bond donors (Lipinski definition) is 3. The zero-order valence-electron chi connectivity index (χ0n) is 60.0. The Morgan fingerprint density at radius 3 is 0.882 bits per heavy atom. The van der Waals surface area contributed by atoms with Crippen molar-refractivity contribution in [1.82, 2.24) is 0 Å². The Morgan fingerprint density at radius 1 is 0.333 bits per heavy atom. The molecule has 17 nitrogen and oxygen atoms in total. The van der Waals surface area contributed by atoms with E-state index in [-0.39, 0.29) is 25.7 Å². The summed E-state index contributed by atoms with van der Waals surface area (Å²) < 4.78 is 68.4. The van der Waals surface area contributed by atoms with Crippen molar-refractivity contribution in [1.29, 1.82) is 0 Å². The Kier molecular flexibility index (Phi) is 63.7. The molecule has 2 unspecified atom stereocenters. The number of carbonyl (C=O) groups is 4. The molecule has 0 aliphatic rings. The number of phosphoric acid groups is 2. The second-order valence-electron chi connectivity index (χ2n) is 27.0. The first-order valence-corrected chi connectivity index (χ1v) is 40.8. The van der Waals surface area contributed by atoms with Crippen molar-refractivity contribution in [3.8, 4) is 0 Å². The van der Waals surface area contributed by atoms with Crippen LogP contribution in [-0.2, 0) is 65.4 Å². The molecular formula is C74H140O17P2. The van der Waals surface area contributed by atoms with Crippen LogP contribution in [0.1, 0.15) is 356 Å². The van der Waals surface area contributed by atoms with Crippen molar-refractivity contribution < 1.29 is 80.2 Å². The number of rotatable bonds is 71. The third-order valence-corrected chi connectivity index (χ3v) is 18.5. The number of aliphatic hydroxyl groups is 1. The molecule has 5 atom stereocenters. The van der Waals surface area contributed by atoms with Crippen LogP contribution in [0, 0.1) is 11.8 Å². The molecule has 0 amide bonds. The van der Waals surface area contributed by atoms with E-state index in [0.29, 0.717) is 31.6 Å². The van der Waals surface area contributed by atoms with Crippen molar-refractivity contribution in [2.75, 3.05) is 39.6 Å². The number of esters is 4. The highest BCUT2D eigenvalue weighted by molar-refractivity contribution is 7.47. The van der Waals surface area contributed by atoms with Crippen LogP contribution in [-0.4, -0.2) is 96.7 Å². The molecule has 548 valence electrons. The standard InChI is InChI=1S/C74H140O17P2/c1-7-9-11-13-15-17-19-21-23-25-27-32-38-44-50-56-71(76)84-62-69(90-73(78)58-52-46-39-33-28-26-24-22-20-18-16-14-12-10-8-2)64-88-92(80,81)86-60-68(75)61-87-93(82,83)89-65-70(63-85-72(77)57-51-45-41-35-37-43-49-55-67(5)6)91-74(79)59-53-47-40-34-30-29-31-36-42-48-54-66(3)4/h18,20,22,24,66-70,75H,7-17,19,21,23,25-65H2,1-6H3,(H,80,81)(H,82,83)/b20-18-,24-22-/t68-,69-,70-/m1/s1. The monoisotopic (exact) mass is 1360 g/mol. The van der Waals surface area contributed by atoms with Gasteiger partial charge in [0.2, 0.25) is 0 Å². The van der Waals surface area contributed by atoms with E-state index in [2.05, 4.69) is 65.8 Å². The third kappa shape index (κ3) is 67.9. The summed E-state index contributed by atoms with van der Waals surface area (Å²) in [6.07, 6.45) is 54.9.